The summed E-state index contributed by atoms with van der Waals surface area (Å²) in [6, 6.07) is 38.7. The molecule has 0 saturated heterocycles. The smallest absolute Gasteiger partial charge is 0.0975 e. The number of hydrogen-bond donors (Lipinski definition) is 0. The fourth-order valence-corrected chi connectivity index (χ4v) is 5.55. The number of nitrogens with zero attached hydrogens (tertiary/aromatic N) is 3. The summed E-state index contributed by atoms with van der Waals surface area (Å²) in [7, 11) is 0. The minimum atomic E-state index is 0.271. The van der Waals surface area contributed by atoms with E-state index in [2.05, 4.69) is 132 Å². The van der Waals surface area contributed by atoms with Crippen LogP contribution in [0, 0.1) is 0 Å². The SMILES string of the molecule is CC(C)c1nc2c3ccccc3n(-c3ccccc3)c2c2c3ccccc3n(-c3ccccc3)c12. The maximum atomic E-state index is 5.42. The Morgan fingerprint density at radius 3 is 1.63 bits per heavy atom. The number of aromatic nitrogens is 3. The number of para-hydroxylation sites is 4. The lowest BCUT2D eigenvalue weighted by atomic mass is 10.0. The molecular formula is C32H25N3. The lowest BCUT2D eigenvalue weighted by molar-refractivity contribution is 0.834. The Labute approximate surface area is 203 Å². The predicted octanol–water partition coefficient (Wildman–Crippen LogP) is 8.40. The number of hydrogen-bond acceptors (Lipinski definition) is 1. The molecule has 0 radical (unpaired) electrons. The molecule has 168 valence electrons. The maximum absolute atomic E-state index is 5.42. The van der Waals surface area contributed by atoms with Gasteiger partial charge in [-0.15, -0.1) is 0 Å². The molecule has 0 spiro atoms. The summed E-state index contributed by atoms with van der Waals surface area (Å²) in [5.41, 5.74) is 9.25. The van der Waals surface area contributed by atoms with E-state index < -0.39 is 0 Å². The minimum absolute atomic E-state index is 0.271. The molecule has 35 heavy (non-hydrogen) atoms. The van der Waals surface area contributed by atoms with Crippen LogP contribution in [0.15, 0.2) is 109 Å². The van der Waals surface area contributed by atoms with Gasteiger partial charge in [0.25, 0.3) is 0 Å². The molecule has 3 heteroatoms. The van der Waals surface area contributed by atoms with E-state index in [1.807, 2.05) is 0 Å². The highest BCUT2D eigenvalue weighted by molar-refractivity contribution is 6.25. The molecule has 4 aromatic carbocycles. The van der Waals surface area contributed by atoms with Crippen molar-refractivity contribution in [3.63, 3.8) is 0 Å². The number of rotatable bonds is 3. The highest BCUT2D eigenvalue weighted by Gasteiger charge is 2.25. The predicted molar refractivity (Wildman–Crippen MR) is 147 cm³/mol. The third-order valence-electron chi connectivity index (χ3n) is 7.01. The summed E-state index contributed by atoms with van der Waals surface area (Å²) in [5.74, 6) is 0.271. The number of fused-ring (bicyclic) bond motifs is 7. The van der Waals surface area contributed by atoms with E-state index in [9.17, 15) is 0 Å². The molecule has 7 aromatic rings. The van der Waals surface area contributed by atoms with Gasteiger partial charge in [0, 0.05) is 27.5 Å². The summed E-state index contributed by atoms with van der Waals surface area (Å²) in [6.45, 7) is 4.49. The first kappa shape index (κ1) is 20.0. The van der Waals surface area contributed by atoms with Crippen LogP contribution in [0.2, 0.25) is 0 Å². The van der Waals surface area contributed by atoms with Crippen LogP contribution in [0.4, 0.5) is 0 Å². The van der Waals surface area contributed by atoms with E-state index in [1.165, 1.54) is 38.2 Å². The zero-order chi connectivity index (χ0) is 23.5. The topological polar surface area (TPSA) is 22.8 Å². The molecule has 0 aliphatic carbocycles. The van der Waals surface area contributed by atoms with Crippen LogP contribution in [0.1, 0.15) is 25.5 Å². The van der Waals surface area contributed by atoms with Crippen molar-refractivity contribution in [3.05, 3.63) is 115 Å². The van der Waals surface area contributed by atoms with Gasteiger partial charge in [-0.3, -0.25) is 0 Å². The second kappa shape index (κ2) is 7.57. The summed E-state index contributed by atoms with van der Waals surface area (Å²) < 4.78 is 4.80. The second-order valence-electron chi connectivity index (χ2n) is 9.45. The van der Waals surface area contributed by atoms with E-state index >= 15 is 0 Å². The largest absolute Gasteiger partial charge is 0.307 e. The first-order chi connectivity index (χ1) is 17.2. The number of benzene rings is 4. The van der Waals surface area contributed by atoms with Gasteiger partial charge >= 0.3 is 0 Å². The van der Waals surface area contributed by atoms with Gasteiger partial charge in [0.05, 0.1) is 33.3 Å². The molecule has 0 saturated carbocycles. The van der Waals surface area contributed by atoms with E-state index in [0.717, 1.165) is 22.6 Å². The summed E-state index contributed by atoms with van der Waals surface area (Å²) in [4.78, 5) is 5.42. The molecule has 3 aromatic heterocycles. The normalized spacial score (nSPS) is 12.0. The third-order valence-corrected chi connectivity index (χ3v) is 7.01. The van der Waals surface area contributed by atoms with Crippen molar-refractivity contribution in [2.24, 2.45) is 0 Å². The zero-order valence-corrected chi connectivity index (χ0v) is 19.8. The quantitative estimate of drug-likeness (QED) is 0.264. The van der Waals surface area contributed by atoms with Gasteiger partial charge in [-0.1, -0.05) is 86.6 Å². The van der Waals surface area contributed by atoms with Crippen LogP contribution in [-0.4, -0.2) is 14.1 Å². The van der Waals surface area contributed by atoms with Crippen molar-refractivity contribution in [1.29, 1.82) is 0 Å². The lowest BCUT2D eigenvalue weighted by Crippen LogP contribution is -2.02. The van der Waals surface area contributed by atoms with Crippen LogP contribution in [0.3, 0.4) is 0 Å². The van der Waals surface area contributed by atoms with Crippen molar-refractivity contribution in [2.45, 2.75) is 19.8 Å². The second-order valence-corrected chi connectivity index (χ2v) is 9.45. The van der Waals surface area contributed by atoms with Gasteiger partial charge in [0.15, 0.2) is 0 Å². The maximum Gasteiger partial charge on any atom is 0.0975 e. The molecule has 0 bridgehead atoms. The van der Waals surface area contributed by atoms with Gasteiger partial charge in [-0.2, -0.15) is 0 Å². The van der Waals surface area contributed by atoms with Crippen LogP contribution in [0.25, 0.3) is 55.1 Å². The molecule has 0 aliphatic rings. The highest BCUT2D eigenvalue weighted by Crippen LogP contribution is 2.43. The molecule has 0 N–H and O–H groups in total. The Morgan fingerprint density at radius 1 is 0.543 bits per heavy atom. The summed E-state index contributed by atoms with van der Waals surface area (Å²) >= 11 is 0. The number of pyridine rings is 1. The van der Waals surface area contributed by atoms with E-state index in [-0.39, 0.29) is 5.92 Å². The Morgan fingerprint density at radius 2 is 1.03 bits per heavy atom. The van der Waals surface area contributed by atoms with Crippen molar-refractivity contribution >= 4 is 43.7 Å². The molecule has 0 unspecified atom stereocenters. The summed E-state index contributed by atoms with van der Waals surface area (Å²) in [5, 5.41) is 3.70. The zero-order valence-electron chi connectivity index (χ0n) is 19.8. The van der Waals surface area contributed by atoms with E-state index in [4.69, 9.17) is 4.98 Å². The van der Waals surface area contributed by atoms with E-state index in [0.29, 0.717) is 0 Å². The third kappa shape index (κ3) is 2.82. The van der Waals surface area contributed by atoms with Gasteiger partial charge in [-0.05, 0) is 42.3 Å². The molecular weight excluding hydrogens is 426 g/mol. The van der Waals surface area contributed by atoms with Crippen molar-refractivity contribution in [1.82, 2.24) is 14.1 Å². The molecule has 0 amide bonds. The lowest BCUT2D eigenvalue weighted by Gasteiger charge is -2.14. The van der Waals surface area contributed by atoms with Gasteiger partial charge < -0.3 is 9.13 Å². The average molecular weight is 452 g/mol. The first-order valence-electron chi connectivity index (χ1n) is 12.2. The van der Waals surface area contributed by atoms with E-state index in [1.54, 1.807) is 0 Å². The Hall–Kier alpha value is -4.37. The fraction of sp³-hybridized carbons (Fsp3) is 0.0938. The van der Waals surface area contributed by atoms with Crippen LogP contribution < -0.4 is 0 Å². The Bertz CT molecular complexity index is 1860. The summed E-state index contributed by atoms with van der Waals surface area (Å²) in [6.07, 6.45) is 0. The minimum Gasteiger partial charge on any atom is -0.307 e. The van der Waals surface area contributed by atoms with Crippen molar-refractivity contribution in [3.8, 4) is 11.4 Å². The Balaban J connectivity index is 1.82. The van der Waals surface area contributed by atoms with Gasteiger partial charge in [-0.25, -0.2) is 4.98 Å². The molecule has 0 aliphatic heterocycles. The van der Waals surface area contributed by atoms with Crippen molar-refractivity contribution < 1.29 is 0 Å². The monoisotopic (exact) mass is 451 g/mol. The Kier molecular flexibility index (Phi) is 4.34. The highest BCUT2D eigenvalue weighted by atomic mass is 15.0. The van der Waals surface area contributed by atoms with Crippen LogP contribution >= 0.6 is 0 Å². The van der Waals surface area contributed by atoms with Crippen molar-refractivity contribution in [2.75, 3.05) is 0 Å². The van der Waals surface area contributed by atoms with Crippen LogP contribution in [0.5, 0.6) is 0 Å². The standard InChI is InChI=1S/C32H25N3/c1-21(2)29-31-28(24-17-9-11-19-26(24)34(31)22-13-5-3-6-14-22)32-30(33-29)25-18-10-12-20-27(25)35(32)23-15-7-4-8-16-23/h3-21H,1-2H3. The fourth-order valence-electron chi connectivity index (χ4n) is 5.55. The molecule has 3 heterocycles. The van der Waals surface area contributed by atoms with Gasteiger partial charge in [0.2, 0.25) is 0 Å². The molecule has 0 fully saturated rings. The van der Waals surface area contributed by atoms with Crippen LogP contribution in [-0.2, 0) is 0 Å². The molecule has 0 atom stereocenters. The first-order valence-corrected chi connectivity index (χ1v) is 12.2. The molecule has 3 nitrogen and oxygen atoms in total. The van der Waals surface area contributed by atoms with Gasteiger partial charge in [0.1, 0.15) is 0 Å². The molecule has 7 rings (SSSR count). The average Bonchev–Trinajstić information content (AvgIpc) is 3.42.